The van der Waals surface area contributed by atoms with E-state index in [0.717, 1.165) is 22.2 Å². The smallest absolute Gasteiger partial charge is 0.128 e. The molecule has 0 saturated heterocycles. The third-order valence-electron chi connectivity index (χ3n) is 3.52. The molecule has 2 aromatic rings. The summed E-state index contributed by atoms with van der Waals surface area (Å²) in [5, 5.41) is 1.69. The number of hydrogen-bond acceptors (Lipinski definition) is 2. The van der Waals surface area contributed by atoms with Crippen LogP contribution in [0.2, 0.25) is 5.02 Å². The Labute approximate surface area is 110 Å². The van der Waals surface area contributed by atoms with Gasteiger partial charge in [-0.25, -0.2) is 0 Å². The maximum Gasteiger partial charge on any atom is 0.128 e. The predicted molar refractivity (Wildman–Crippen MR) is 72.2 cm³/mol. The van der Waals surface area contributed by atoms with Gasteiger partial charge in [0.1, 0.15) is 11.9 Å². The zero-order valence-corrected chi connectivity index (χ0v) is 10.3. The molecule has 0 radical (unpaired) electrons. The summed E-state index contributed by atoms with van der Waals surface area (Å²) in [6.07, 6.45) is 10.2. The highest BCUT2D eigenvalue weighted by atomic mass is 35.5. The number of aromatic nitrogens is 1. The quantitative estimate of drug-likeness (QED) is 0.713. The van der Waals surface area contributed by atoms with Crippen LogP contribution < -0.4 is 4.74 Å². The molecule has 2 heterocycles. The number of ether oxygens (including phenoxy) is 1. The molecule has 0 amide bonds. The Kier molecular flexibility index (Phi) is 2.03. The number of halogens is 1. The standard InChI is InChI=1S/C15H10ClNO/c16-11-8-13-14(15-9(11)5-3-7-17-15)10-4-1-2-6-12(10)18-13/h1-8,10,12H. The molecule has 2 unspecified atom stereocenters. The van der Waals surface area contributed by atoms with Gasteiger partial charge in [-0.05, 0) is 24.3 Å². The van der Waals surface area contributed by atoms with Crippen LogP contribution in [0.15, 0.2) is 48.7 Å². The second-order valence-electron chi connectivity index (χ2n) is 4.55. The number of hydrogen-bond donors (Lipinski definition) is 0. The summed E-state index contributed by atoms with van der Waals surface area (Å²) < 4.78 is 5.94. The highest BCUT2D eigenvalue weighted by Crippen LogP contribution is 2.46. The second kappa shape index (κ2) is 3.59. The molecule has 2 atom stereocenters. The van der Waals surface area contributed by atoms with E-state index in [0.29, 0.717) is 5.02 Å². The molecule has 0 spiro atoms. The van der Waals surface area contributed by atoms with E-state index in [4.69, 9.17) is 16.3 Å². The van der Waals surface area contributed by atoms with E-state index in [1.807, 2.05) is 24.3 Å². The average Bonchev–Trinajstić information content (AvgIpc) is 2.77. The summed E-state index contributed by atoms with van der Waals surface area (Å²) in [7, 11) is 0. The van der Waals surface area contributed by atoms with Gasteiger partial charge in [-0.1, -0.05) is 29.8 Å². The lowest BCUT2D eigenvalue weighted by atomic mass is 9.90. The van der Waals surface area contributed by atoms with Crippen molar-refractivity contribution in [1.29, 1.82) is 0 Å². The van der Waals surface area contributed by atoms with Crippen LogP contribution in [0.4, 0.5) is 0 Å². The van der Waals surface area contributed by atoms with Crippen LogP contribution in [-0.2, 0) is 0 Å². The van der Waals surface area contributed by atoms with Crippen LogP contribution in [-0.4, -0.2) is 11.1 Å². The van der Waals surface area contributed by atoms with Gasteiger partial charge in [0.2, 0.25) is 0 Å². The van der Waals surface area contributed by atoms with Crippen LogP contribution in [0.3, 0.4) is 0 Å². The highest BCUT2D eigenvalue weighted by Gasteiger charge is 2.34. The number of rotatable bonds is 0. The SMILES string of the molecule is Clc1cc2c(c3ncccc13)C1C=CC=CC1O2. The van der Waals surface area contributed by atoms with E-state index in [9.17, 15) is 0 Å². The van der Waals surface area contributed by atoms with Crippen LogP contribution >= 0.6 is 11.6 Å². The maximum atomic E-state index is 6.28. The molecule has 0 bridgehead atoms. The third-order valence-corrected chi connectivity index (χ3v) is 3.84. The van der Waals surface area contributed by atoms with Gasteiger partial charge in [0.15, 0.2) is 0 Å². The van der Waals surface area contributed by atoms with Crippen molar-refractivity contribution in [2.24, 2.45) is 0 Å². The molecule has 1 aromatic heterocycles. The summed E-state index contributed by atoms with van der Waals surface area (Å²) in [4.78, 5) is 4.48. The van der Waals surface area contributed by atoms with Gasteiger partial charge in [-0.15, -0.1) is 0 Å². The van der Waals surface area contributed by atoms with E-state index in [1.165, 1.54) is 0 Å². The Balaban J connectivity index is 2.06. The average molecular weight is 256 g/mol. The molecule has 1 aliphatic carbocycles. The summed E-state index contributed by atoms with van der Waals surface area (Å²) in [5.41, 5.74) is 2.10. The lowest BCUT2D eigenvalue weighted by Crippen LogP contribution is -2.15. The van der Waals surface area contributed by atoms with E-state index in [2.05, 4.69) is 23.2 Å². The molecule has 18 heavy (non-hydrogen) atoms. The Bertz CT molecular complexity index is 705. The van der Waals surface area contributed by atoms with Crippen molar-refractivity contribution in [2.45, 2.75) is 12.0 Å². The first-order valence-electron chi connectivity index (χ1n) is 5.93. The van der Waals surface area contributed by atoms with Gasteiger partial charge >= 0.3 is 0 Å². The molecular formula is C15H10ClNO. The summed E-state index contributed by atoms with van der Waals surface area (Å²) in [6, 6.07) is 5.81. The van der Waals surface area contributed by atoms with Gasteiger partial charge in [-0.3, -0.25) is 4.98 Å². The van der Waals surface area contributed by atoms with Crippen molar-refractivity contribution >= 4 is 22.5 Å². The first-order chi connectivity index (χ1) is 8.84. The molecule has 3 heteroatoms. The van der Waals surface area contributed by atoms with Crippen molar-refractivity contribution in [1.82, 2.24) is 4.98 Å². The van der Waals surface area contributed by atoms with Crippen molar-refractivity contribution in [3.63, 3.8) is 0 Å². The number of fused-ring (bicyclic) bond motifs is 5. The summed E-state index contributed by atoms with van der Waals surface area (Å²) >= 11 is 6.28. The monoisotopic (exact) mass is 255 g/mol. The van der Waals surface area contributed by atoms with E-state index in [-0.39, 0.29) is 12.0 Å². The first kappa shape index (κ1) is 10.2. The number of nitrogens with zero attached hydrogens (tertiary/aromatic N) is 1. The molecule has 2 aliphatic rings. The Morgan fingerprint density at radius 3 is 3.06 bits per heavy atom. The molecule has 1 aromatic carbocycles. The largest absolute Gasteiger partial charge is 0.485 e. The topological polar surface area (TPSA) is 22.1 Å². The van der Waals surface area contributed by atoms with Crippen LogP contribution in [0.5, 0.6) is 5.75 Å². The number of benzene rings is 1. The Hall–Kier alpha value is -1.80. The van der Waals surface area contributed by atoms with Gasteiger partial charge in [0.25, 0.3) is 0 Å². The maximum absolute atomic E-state index is 6.28. The number of allylic oxidation sites excluding steroid dienone is 2. The minimum absolute atomic E-state index is 0.0775. The van der Waals surface area contributed by atoms with Gasteiger partial charge in [0.05, 0.1) is 10.5 Å². The normalized spacial score (nSPS) is 23.8. The lowest BCUT2D eigenvalue weighted by molar-refractivity contribution is 0.269. The lowest BCUT2D eigenvalue weighted by Gasteiger charge is -2.14. The van der Waals surface area contributed by atoms with Crippen LogP contribution in [0, 0.1) is 0 Å². The van der Waals surface area contributed by atoms with Gasteiger partial charge in [0, 0.05) is 23.1 Å². The molecule has 4 rings (SSSR count). The van der Waals surface area contributed by atoms with Crippen LogP contribution in [0.25, 0.3) is 10.9 Å². The molecule has 0 fully saturated rings. The zero-order chi connectivity index (χ0) is 12.1. The van der Waals surface area contributed by atoms with Crippen molar-refractivity contribution < 1.29 is 4.74 Å². The first-order valence-corrected chi connectivity index (χ1v) is 6.31. The van der Waals surface area contributed by atoms with E-state index in [1.54, 1.807) is 6.20 Å². The van der Waals surface area contributed by atoms with Crippen molar-refractivity contribution in [3.05, 3.63) is 59.3 Å². The summed E-state index contributed by atoms with van der Waals surface area (Å²) in [6.45, 7) is 0. The van der Waals surface area contributed by atoms with Gasteiger partial charge in [-0.2, -0.15) is 0 Å². The Morgan fingerprint density at radius 2 is 2.11 bits per heavy atom. The molecular weight excluding hydrogens is 246 g/mol. The summed E-state index contributed by atoms with van der Waals surface area (Å²) in [5.74, 6) is 1.11. The fraction of sp³-hybridized carbons (Fsp3) is 0.133. The number of pyridine rings is 1. The molecule has 0 saturated carbocycles. The van der Waals surface area contributed by atoms with E-state index < -0.39 is 0 Å². The molecule has 88 valence electrons. The third kappa shape index (κ3) is 1.27. The molecule has 2 nitrogen and oxygen atoms in total. The van der Waals surface area contributed by atoms with Crippen molar-refractivity contribution in [3.8, 4) is 5.75 Å². The fourth-order valence-corrected chi connectivity index (χ4v) is 2.98. The van der Waals surface area contributed by atoms with E-state index >= 15 is 0 Å². The second-order valence-corrected chi connectivity index (χ2v) is 4.96. The fourth-order valence-electron chi connectivity index (χ4n) is 2.73. The van der Waals surface area contributed by atoms with Crippen LogP contribution in [0.1, 0.15) is 11.5 Å². The zero-order valence-electron chi connectivity index (χ0n) is 9.51. The minimum Gasteiger partial charge on any atom is -0.485 e. The van der Waals surface area contributed by atoms with Crippen molar-refractivity contribution in [2.75, 3.05) is 0 Å². The van der Waals surface area contributed by atoms with Gasteiger partial charge < -0.3 is 4.74 Å². The molecule has 1 aliphatic heterocycles. The highest BCUT2D eigenvalue weighted by molar-refractivity contribution is 6.35. The predicted octanol–water partition coefficient (Wildman–Crippen LogP) is 3.86. The Morgan fingerprint density at radius 1 is 1.22 bits per heavy atom. The minimum atomic E-state index is 0.0775. The molecule has 0 N–H and O–H groups in total.